The standard InChI is InChI=1S/C20H24N2O3S/c1-3-25-12-7-11-21-19(23)17-14-8-4-5-9-15(14)20(24)22(2)18(17)16-10-6-13-26-16/h4-6,8-10,13,17-18H,3,7,11-12H2,1-2H3,(H,21,23)/t17-,18-/m0/s1. The summed E-state index contributed by atoms with van der Waals surface area (Å²) in [7, 11) is 1.78. The van der Waals surface area contributed by atoms with Crippen LogP contribution in [0.2, 0.25) is 0 Å². The Bertz CT molecular complexity index is 760. The highest BCUT2D eigenvalue weighted by atomic mass is 32.1. The number of carbonyl (C=O) groups excluding carboxylic acids is 2. The average Bonchev–Trinajstić information content (AvgIpc) is 3.18. The van der Waals surface area contributed by atoms with Crippen molar-refractivity contribution in [2.24, 2.45) is 0 Å². The molecule has 2 heterocycles. The lowest BCUT2D eigenvalue weighted by atomic mass is 9.81. The SMILES string of the molecule is CCOCCCNC(=O)[C@H]1c2ccccc2C(=O)N(C)[C@H]1c1cccs1. The number of hydrogen-bond acceptors (Lipinski definition) is 4. The Morgan fingerprint density at radius 3 is 2.81 bits per heavy atom. The topological polar surface area (TPSA) is 58.6 Å². The highest BCUT2D eigenvalue weighted by Gasteiger charge is 2.42. The maximum absolute atomic E-state index is 13.1. The molecule has 6 heteroatoms. The predicted octanol–water partition coefficient (Wildman–Crippen LogP) is 3.20. The van der Waals surface area contributed by atoms with Gasteiger partial charge in [-0.15, -0.1) is 11.3 Å². The summed E-state index contributed by atoms with van der Waals surface area (Å²) in [6.07, 6.45) is 0.770. The fraction of sp³-hybridized carbons (Fsp3) is 0.400. The van der Waals surface area contributed by atoms with Crippen LogP contribution in [0.5, 0.6) is 0 Å². The van der Waals surface area contributed by atoms with E-state index in [1.165, 1.54) is 0 Å². The molecule has 2 amide bonds. The first-order valence-electron chi connectivity index (χ1n) is 8.90. The summed E-state index contributed by atoms with van der Waals surface area (Å²) in [5.74, 6) is -0.509. The number of fused-ring (bicyclic) bond motifs is 1. The Balaban J connectivity index is 1.88. The zero-order chi connectivity index (χ0) is 18.5. The largest absolute Gasteiger partial charge is 0.382 e. The lowest BCUT2D eigenvalue weighted by Gasteiger charge is -2.39. The summed E-state index contributed by atoms with van der Waals surface area (Å²) in [6, 6.07) is 11.1. The van der Waals surface area contributed by atoms with E-state index in [4.69, 9.17) is 4.74 Å². The van der Waals surface area contributed by atoms with Crippen molar-refractivity contribution in [2.75, 3.05) is 26.8 Å². The van der Waals surface area contributed by atoms with Crippen LogP contribution in [0.25, 0.3) is 0 Å². The zero-order valence-electron chi connectivity index (χ0n) is 15.1. The van der Waals surface area contributed by atoms with Gasteiger partial charge in [0.1, 0.15) is 0 Å². The Morgan fingerprint density at radius 1 is 1.27 bits per heavy atom. The van der Waals surface area contributed by atoms with E-state index >= 15 is 0 Å². The van der Waals surface area contributed by atoms with Crippen molar-refractivity contribution in [3.63, 3.8) is 0 Å². The van der Waals surface area contributed by atoms with Crippen LogP contribution in [0.4, 0.5) is 0 Å². The third kappa shape index (κ3) is 3.66. The molecule has 0 fully saturated rings. The number of nitrogens with zero attached hydrogens (tertiary/aromatic N) is 1. The van der Waals surface area contributed by atoms with E-state index in [0.29, 0.717) is 25.3 Å². The summed E-state index contributed by atoms with van der Waals surface area (Å²) in [6.45, 7) is 3.82. The molecule has 26 heavy (non-hydrogen) atoms. The number of nitrogens with one attached hydrogen (secondary N) is 1. The predicted molar refractivity (Wildman–Crippen MR) is 102 cm³/mol. The van der Waals surface area contributed by atoms with Gasteiger partial charge in [-0.1, -0.05) is 24.3 Å². The molecular weight excluding hydrogens is 348 g/mol. The number of carbonyl (C=O) groups is 2. The van der Waals surface area contributed by atoms with E-state index in [1.54, 1.807) is 29.4 Å². The van der Waals surface area contributed by atoms with Crippen LogP contribution >= 0.6 is 11.3 Å². The highest BCUT2D eigenvalue weighted by molar-refractivity contribution is 7.10. The first kappa shape index (κ1) is 18.6. The van der Waals surface area contributed by atoms with Gasteiger partial charge >= 0.3 is 0 Å². The van der Waals surface area contributed by atoms with Crippen molar-refractivity contribution in [3.8, 4) is 0 Å². The second-order valence-electron chi connectivity index (χ2n) is 6.28. The van der Waals surface area contributed by atoms with Gasteiger partial charge in [-0.25, -0.2) is 0 Å². The molecule has 0 bridgehead atoms. The Labute approximate surface area is 158 Å². The monoisotopic (exact) mass is 372 g/mol. The van der Waals surface area contributed by atoms with Crippen molar-refractivity contribution < 1.29 is 14.3 Å². The molecule has 1 aromatic heterocycles. The first-order valence-corrected chi connectivity index (χ1v) is 9.78. The van der Waals surface area contributed by atoms with Crippen LogP contribution < -0.4 is 5.32 Å². The van der Waals surface area contributed by atoms with Crippen LogP contribution in [-0.4, -0.2) is 43.5 Å². The van der Waals surface area contributed by atoms with E-state index in [1.807, 2.05) is 42.6 Å². The summed E-state index contributed by atoms with van der Waals surface area (Å²) >= 11 is 1.57. The van der Waals surface area contributed by atoms with Gasteiger partial charge in [0, 0.05) is 37.2 Å². The van der Waals surface area contributed by atoms with E-state index in [0.717, 1.165) is 16.9 Å². The molecular formula is C20H24N2O3S. The molecule has 0 saturated heterocycles. The number of likely N-dealkylation sites (N-methyl/N-ethyl adjacent to an activating group) is 1. The van der Waals surface area contributed by atoms with Crippen molar-refractivity contribution in [2.45, 2.75) is 25.3 Å². The number of thiophene rings is 1. The van der Waals surface area contributed by atoms with Crippen molar-refractivity contribution in [1.29, 1.82) is 0 Å². The number of hydrogen-bond donors (Lipinski definition) is 1. The van der Waals surface area contributed by atoms with Crippen LogP contribution in [0, 0.1) is 0 Å². The summed E-state index contributed by atoms with van der Waals surface area (Å²) in [5, 5.41) is 5.00. The van der Waals surface area contributed by atoms with Gasteiger partial charge < -0.3 is 15.0 Å². The molecule has 1 aromatic carbocycles. The van der Waals surface area contributed by atoms with Gasteiger partial charge in [0.15, 0.2) is 0 Å². The van der Waals surface area contributed by atoms with Crippen molar-refractivity contribution >= 4 is 23.2 Å². The van der Waals surface area contributed by atoms with E-state index in [2.05, 4.69) is 5.32 Å². The second-order valence-corrected chi connectivity index (χ2v) is 7.26. The van der Waals surface area contributed by atoms with Crippen LogP contribution in [0.15, 0.2) is 41.8 Å². The molecule has 1 aliphatic heterocycles. The Morgan fingerprint density at radius 2 is 2.08 bits per heavy atom. The molecule has 0 aliphatic carbocycles. The number of ether oxygens (including phenoxy) is 1. The maximum atomic E-state index is 13.1. The van der Waals surface area contributed by atoms with Gasteiger partial charge in [-0.3, -0.25) is 9.59 Å². The smallest absolute Gasteiger partial charge is 0.254 e. The molecule has 0 radical (unpaired) electrons. The van der Waals surface area contributed by atoms with E-state index in [-0.39, 0.29) is 17.9 Å². The molecule has 0 unspecified atom stereocenters. The van der Waals surface area contributed by atoms with Gasteiger partial charge in [0.2, 0.25) is 5.91 Å². The maximum Gasteiger partial charge on any atom is 0.254 e. The van der Waals surface area contributed by atoms with Gasteiger partial charge in [0.25, 0.3) is 5.91 Å². The normalized spacial score (nSPS) is 19.3. The Hall–Kier alpha value is -2.18. The highest BCUT2D eigenvalue weighted by Crippen LogP contribution is 2.43. The molecule has 5 nitrogen and oxygen atoms in total. The summed E-state index contributed by atoms with van der Waals surface area (Å²) in [4.78, 5) is 28.6. The molecule has 0 spiro atoms. The zero-order valence-corrected chi connectivity index (χ0v) is 15.9. The fourth-order valence-corrected chi connectivity index (χ4v) is 4.32. The van der Waals surface area contributed by atoms with Crippen molar-refractivity contribution in [3.05, 3.63) is 57.8 Å². The third-order valence-corrected chi connectivity index (χ3v) is 5.61. The van der Waals surface area contributed by atoms with Gasteiger partial charge in [-0.05, 0) is 36.4 Å². The molecule has 1 aliphatic rings. The van der Waals surface area contributed by atoms with Crippen LogP contribution in [0.3, 0.4) is 0 Å². The molecule has 2 aromatic rings. The van der Waals surface area contributed by atoms with E-state index < -0.39 is 5.92 Å². The lowest BCUT2D eigenvalue weighted by Crippen LogP contribution is -2.45. The molecule has 3 rings (SSSR count). The lowest BCUT2D eigenvalue weighted by molar-refractivity contribution is -0.124. The molecule has 138 valence electrons. The summed E-state index contributed by atoms with van der Waals surface area (Å²) in [5.41, 5.74) is 1.41. The Kier molecular flexibility index (Phi) is 6.06. The molecule has 1 N–H and O–H groups in total. The van der Waals surface area contributed by atoms with E-state index in [9.17, 15) is 9.59 Å². The number of amides is 2. The minimum absolute atomic E-state index is 0.0422. The second kappa shape index (κ2) is 8.47. The minimum Gasteiger partial charge on any atom is -0.382 e. The third-order valence-electron chi connectivity index (χ3n) is 4.67. The van der Waals surface area contributed by atoms with Gasteiger partial charge in [-0.2, -0.15) is 0 Å². The quantitative estimate of drug-likeness (QED) is 0.760. The summed E-state index contributed by atoms with van der Waals surface area (Å²) < 4.78 is 5.33. The fourth-order valence-electron chi connectivity index (χ4n) is 3.41. The minimum atomic E-state index is -0.417. The number of benzene rings is 1. The van der Waals surface area contributed by atoms with Crippen LogP contribution in [0.1, 0.15) is 46.1 Å². The van der Waals surface area contributed by atoms with Gasteiger partial charge in [0.05, 0.1) is 12.0 Å². The van der Waals surface area contributed by atoms with Crippen molar-refractivity contribution in [1.82, 2.24) is 10.2 Å². The number of rotatable bonds is 7. The van der Waals surface area contributed by atoms with Crippen LogP contribution in [-0.2, 0) is 9.53 Å². The first-order chi connectivity index (χ1) is 12.6. The molecule has 0 saturated carbocycles. The molecule has 2 atom stereocenters. The average molecular weight is 372 g/mol.